The molecular weight excluding hydrogens is 885 g/mol. The van der Waals surface area contributed by atoms with Gasteiger partial charge in [0, 0.05) is 102 Å². The lowest BCUT2D eigenvalue weighted by Gasteiger charge is -2.14. The number of hydrogen-bond acceptors (Lipinski definition) is 0. The molecule has 2 fully saturated rings. The topological polar surface area (TPSA) is 15.5 Å². The number of rotatable bonds is 6. The number of pyridine rings is 4. The van der Waals surface area contributed by atoms with Crippen molar-refractivity contribution in [2.24, 2.45) is 28.2 Å². The van der Waals surface area contributed by atoms with Crippen LogP contribution >= 0.6 is 0 Å². The Bertz CT molecular complexity index is 3770. The molecule has 2 aliphatic rings. The Morgan fingerprint density at radius 1 is 0.397 bits per heavy atom. The zero-order valence-corrected chi connectivity index (χ0v) is 45.2. The van der Waals surface area contributed by atoms with Gasteiger partial charge in [0.2, 0.25) is 22.8 Å². The van der Waals surface area contributed by atoms with Gasteiger partial charge in [-0.2, -0.15) is 9.13 Å². The Balaban J connectivity index is 0.000000166. The van der Waals surface area contributed by atoms with Crippen LogP contribution in [0.2, 0.25) is 0 Å². The van der Waals surface area contributed by atoms with E-state index in [4.69, 9.17) is 19.2 Å². The van der Waals surface area contributed by atoms with E-state index in [9.17, 15) is 0 Å². The molecule has 0 aliphatic heterocycles. The molecule has 0 unspecified atom stereocenters. The molecule has 2 saturated carbocycles. The van der Waals surface area contributed by atoms with Crippen molar-refractivity contribution in [1.82, 2.24) is 0 Å². The molecule has 4 heterocycles. The molecule has 0 atom stereocenters. The second-order valence-corrected chi connectivity index (χ2v) is 20.2. The minimum Gasteiger partial charge on any atom is -0.201 e. The molecule has 4 aromatic carbocycles. The summed E-state index contributed by atoms with van der Waals surface area (Å²) in [4.78, 5) is 0. The summed E-state index contributed by atoms with van der Waals surface area (Å²) in [6.07, 6.45) is 11.7. The van der Waals surface area contributed by atoms with E-state index in [0.717, 1.165) is 88.9 Å². The highest BCUT2D eigenvalue weighted by Crippen LogP contribution is 2.38. The fourth-order valence-corrected chi connectivity index (χ4v) is 10.3. The Labute approximate surface area is 460 Å². The number of nitrogens with zero attached hydrogens (tertiary/aromatic N) is 4. The minimum absolute atomic E-state index is 0.0858. The van der Waals surface area contributed by atoms with Gasteiger partial charge in [-0.15, -0.1) is 0 Å². The second kappa shape index (κ2) is 24.5. The summed E-state index contributed by atoms with van der Waals surface area (Å²) < 4.78 is 118. The smallest absolute Gasteiger partial charge is 0.201 e. The molecule has 8 aromatic rings. The van der Waals surface area contributed by atoms with Crippen LogP contribution < -0.4 is 18.3 Å². The van der Waals surface area contributed by atoms with Gasteiger partial charge in [0.1, 0.15) is 28.2 Å². The van der Waals surface area contributed by atoms with E-state index in [-0.39, 0.29) is 17.2 Å². The van der Waals surface area contributed by atoms with Crippen molar-refractivity contribution >= 4 is 0 Å². The number of aryl methyl sites for hydroxylation is 11. The number of benzene rings is 4. The average Bonchev–Trinajstić information content (AvgIpc) is 1.35. The minimum atomic E-state index is -2.51. The highest BCUT2D eigenvalue weighted by molar-refractivity contribution is 5.64. The summed E-state index contributed by atoms with van der Waals surface area (Å²) in [6.45, 7) is 4.63. The lowest BCUT2D eigenvalue weighted by atomic mass is 9.92. The van der Waals surface area contributed by atoms with Gasteiger partial charge in [0.05, 0.1) is 0 Å². The molecule has 73 heavy (non-hydrogen) atoms. The molecule has 0 spiro atoms. The predicted molar refractivity (Wildman–Crippen MR) is 307 cm³/mol. The van der Waals surface area contributed by atoms with Crippen molar-refractivity contribution in [3.05, 3.63) is 212 Å². The molecular formula is C69H86N4+4. The van der Waals surface area contributed by atoms with Gasteiger partial charge in [-0.05, 0) is 168 Å². The zero-order valence-electron chi connectivity index (χ0n) is 59.2. The van der Waals surface area contributed by atoms with Crippen molar-refractivity contribution in [2.45, 2.75) is 139 Å². The van der Waals surface area contributed by atoms with Crippen LogP contribution in [-0.4, -0.2) is 0 Å². The van der Waals surface area contributed by atoms with Crippen LogP contribution in [0.5, 0.6) is 0 Å². The van der Waals surface area contributed by atoms with Crippen LogP contribution in [0.15, 0.2) is 140 Å². The monoisotopic (exact) mass is 985 g/mol. The molecule has 0 radical (unpaired) electrons. The molecule has 4 heteroatoms. The van der Waals surface area contributed by atoms with Gasteiger partial charge in [-0.3, -0.25) is 0 Å². The molecule has 378 valence electrons. The summed E-state index contributed by atoms with van der Waals surface area (Å²) in [7, 11) is 7.40. The van der Waals surface area contributed by atoms with E-state index < -0.39 is 33.3 Å². The lowest BCUT2D eigenvalue weighted by molar-refractivity contribution is -0.667. The zero-order chi connectivity index (χ0) is 64.4. The van der Waals surface area contributed by atoms with Crippen LogP contribution in [0.25, 0.3) is 45.0 Å². The highest BCUT2D eigenvalue weighted by Gasteiger charge is 2.25. The largest absolute Gasteiger partial charge is 0.212 e. The molecule has 0 bridgehead atoms. The summed E-state index contributed by atoms with van der Waals surface area (Å²) in [5, 5.41) is 0. The van der Waals surface area contributed by atoms with Gasteiger partial charge in [0.15, 0.2) is 23.8 Å². The quantitative estimate of drug-likeness (QED) is 0.148. The first-order chi connectivity index (χ1) is 40.5. The highest BCUT2D eigenvalue weighted by atomic mass is 15.0. The molecule has 4 aromatic heterocycles. The number of hydrogen-bond donors (Lipinski definition) is 0. The van der Waals surface area contributed by atoms with E-state index >= 15 is 0 Å². The van der Waals surface area contributed by atoms with E-state index in [2.05, 4.69) is 81.0 Å². The van der Waals surface area contributed by atoms with E-state index in [1.807, 2.05) is 112 Å². The third-order valence-corrected chi connectivity index (χ3v) is 14.7. The molecule has 4 nitrogen and oxygen atoms in total. The average molecular weight is 986 g/mol. The molecule has 0 saturated heterocycles. The van der Waals surface area contributed by atoms with Gasteiger partial charge in [-0.25, -0.2) is 9.13 Å². The van der Waals surface area contributed by atoms with Gasteiger partial charge >= 0.3 is 0 Å². The normalized spacial score (nSPS) is 17.8. The summed E-state index contributed by atoms with van der Waals surface area (Å²) in [5.74, 6) is -1.15. The Hall–Kier alpha value is -6.52. The lowest BCUT2D eigenvalue weighted by Crippen LogP contribution is -2.36. The molecule has 10 rings (SSSR count). The Morgan fingerprint density at radius 2 is 0.836 bits per heavy atom. The standard InChI is InChI=1S/2C19H24N.C16H20N.C15H18N/c1-14-8-4-7-11-17(14)19-12-18(15(2)13-20(19)3)16-9-5-6-10-16;1-14-8-4-7-11-17(14)19-12-15(2)18(13-20(19)3)16-9-5-6-10-16;1-11-8-6-7-9-15(11)16-10-12(2)13(3)14(4)17(16)5;1-11-9-13(3)16(4)15(10-11)14-8-6-5-7-12(14)2/h2*4,7-8,11-13,16H,5-6,9-10H2,1-3H3;6-10H,1-5H3;5-10H,1-4H3/q4*+1/i2D3,16D;16D;3D3,4D3;3D3. The maximum atomic E-state index is 8.87. The molecule has 0 N–H and O–H groups in total. The number of aromatic nitrogens is 4. The van der Waals surface area contributed by atoms with E-state index in [1.165, 1.54) is 45.4 Å². The SMILES string of the molecule is [2H]C([2H])([2H])c1c(C)cc(-c2ccccc2C)[n+](C)c1C([2H])([2H])[2H].[2H]C([2H])([2H])c1c[n+](C)c(-c2ccccc2C)cc1C1([2H])CCCC1.[2H]C([2H])([2H])c1cc(C)cc(-c2ccccc2C)[n+]1C.[2H]C1(c2c[n+](C)c(-c3ccccc3C)cc2C)CCCC1. The van der Waals surface area contributed by atoms with Crippen molar-refractivity contribution < 1.29 is 37.5 Å². The Morgan fingerprint density at radius 3 is 1.30 bits per heavy atom. The maximum Gasteiger partial charge on any atom is 0.212 e. The van der Waals surface area contributed by atoms with Crippen LogP contribution in [-0.2, 0) is 28.2 Å². The van der Waals surface area contributed by atoms with Crippen molar-refractivity contribution in [1.29, 1.82) is 0 Å². The molecule has 0 amide bonds. The predicted octanol–water partition coefficient (Wildman–Crippen LogP) is 15.4. The summed E-state index contributed by atoms with van der Waals surface area (Å²) in [5.41, 5.74) is 17.8. The van der Waals surface area contributed by atoms with Gasteiger partial charge in [0.25, 0.3) is 0 Å². The fraction of sp³-hybridized carbons (Fsp3) is 0.362. The van der Waals surface area contributed by atoms with Gasteiger partial charge in [-0.1, -0.05) is 98.5 Å². The van der Waals surface area contributed by atoms with Crippen LogP contribution in [0.3, 0.4) is 0 Å². The Kier molecular flexibility index (Phi) is 12.8. The first-order valence-corrected chi connectivity index (χ1v) is 25.8. The van der Waals surface area contributed by atoms with Gasteiger partial charge < -0.3 is 0 Å². The van der Waals surface area contributed by atoms with E-state index in [0.29, 0.717) is 28.1 Å². The summed E-state index contributed by atoms with van der Waals surface area (Å²) >= 11 is 0. The van der Waals surface area contributed by atoms with Crippen LogP contribution in [0, 0.1) is 75.9 Å². The fourth-order valence-electron chi connectivity index (χ4n) is 10.3. The van der Waals surface area contributed by atoms with Crippen molar-refractivity contribution in [2.75, 3.05) is 0 Å². The molecule has 2 aliphatic carbocycles. The third-order valence-electron chi connectivity index (χ3n) is 14.7. The van der Waals surface area contributed by atoms with Crippen LogP contribution in [0.1, 0.15) is 155 Å². The van der Waals surface area contributed by atoms with Crippen molar-refractivity contribution in [3.8, 4) is 45.0 Å². The first kappa shape index (κ1) is 38.1. The third kappa shape index (κ3) is 12.8. The first-order valence-electron chi connectivity index (χ1n) is 32.8. The van der Waals surface area contributed by atoms with Crippen molar-refractivity contribution in [3.63, 3.8) is 0 Å². The summed E-state index contributed by atoms with van der Waals surface area (Å²) in [6, 6.07) is 42.0. The van der Waals surface area contributed by atoms with E-state index in [1.54, 1.807) is 36.9 Å². The maximum absolute atomic E-state index is 8.87. The second-order valence-electron chi connectivity index (χ2n) is 20.2. The van der Waals surface area contributed by atoms with Crippen LogP contribution in [0.4, 0.5) is 0 Å².